The Kier molecular flexibility index (Phi) is 20.9. The van der Waals surface area contributed by atoms with Gasteiger partial charge in [-0.1, -0.05) is 81.2 Å². The van der Waals surface area contributed by atoms with Crippen LogP contribution in [-0.2, 0) is 55.7 Å². The minimum atomic E-state index is -4.90. The lowest BCUT2D eigenvalue weighted by Gasteiger charge is -2.59. The number of likely N-dealkylation sites (tertiary alicyclic amines) is 1. The zero-order chi connectivity index (χ0) is 57.3. The number of carboxylic acid groups (broad SMARTS) is 1. The molecule has 4 saturated carbocycles. The molecule has 2 aliphatic heterocycles. The second kappa shape index (κ2) is 27.1. The number of rotatable bonds is 24. The number of unbranched alkanes of at least 4 members (excludes halogenated alkanes) is 3. The Hall–Kier alpha value is -4.13. The van der Waals surface area contributed by atoms with Crippen LogP contribution in [0.15, 0.2) is 72.3 Å². The van der Waals surface area contributed by atoms with E-state index in [9.17, 15) is 34.2 Å². The summed E-state index contributed by atoms with van der Waals surface area (Å²) in [5.41, 5.74) is 0.953. The first-order valence-electron chi connectivity index (χ1n) is 29.7. The molecule has 0 amide bonds. The maximum absolute atomic E-state index is 15.1. The first-order valence-corrected chi connectivity index (χ1v) is 31.2. The maximum atomic E-state index is 15.1. The molecule has 6 fully saturated rings. The van der Waals surface area contributed by atoms with Gasteiger partial charge in [-0.15, -0.1) is 0 Å². The number of carbonyl (C=O) groups is 4. The number of esters is 1. The fourth-order valence-corrected chi connectivity index (χ4v) is 15.6. The number of phosphoric acid groups is 1. The summed E-state index contributed by atoms with van der Waals surface area (Å²) in [5, 5.41) is 35.8. The number of nitrogens with zero attached hydrogens (tertiary/aromatic N) is 1. The van der Waals surface area contributed by atoms with E-state index in [-0.39, 0.29) is 41.0 Å². The van der Waals surface area contributed by atoms with Crippen molar-refractivity contribution in [2.45, 2.75) is 173 Å². The number of fused-ring (bicyclic) bond motifs is 7. The van der Waals surface area contributed by atoms with Crippen LogP contribution >= 0.6 is 7.82 Å². The molecule has 80 heavy (non-hydrogen) atoms. The van der Waals surface area contributed by atoms with E-state index in [1.54, 1.807) is 24.3 Å². The van der Waals surface area contributed by atoms with Crippen molar-refractivity contribution in [3.63, 3.8) is 0 Å². The number of quaternary nitrogens is 1. The lowest BCUT2D eigenvalue weighted by atomic mass is 9.46. The summed E-state index contributed by atoms with van der Waals surface area (Å²) in [6.45, 7) is 9.15. The molecule has 7 aliphatic rings. The van der Waals surface area contributed by atoms with Crippen LogP contribution in [0.4, 0.5) is 0 Å². The third kappa shape index (κ3) is 14.6. The summed E-state index contributed by atoms with van der Waals surface area (Å²) in [6.07, 6.45) is 18.1. The average molecular weight is 1130 g/mol. The Balaban J connectivity index is 0.00000203. The molecular formula is C62H89N2O15P. The Bertz CT molecular complexity index is 2550. The highest BCUT2D eigenvalue weighted by molar-refractivity contribution is 7.46. The third-order valence-corrected chi connectivity index (χ3v) is 19.7. The Morgan fingerprint density at radius 1 is 0.938 bits per heavy atom. The fraction of sp³-hybridized carbons (Fsp3) is 0.677. The second-order valence-corrected chi connectivity index (χ2v) is 26.0. The van der Waals surface area contributed by atoms with Crippen molar-refractivity contribution < 1.29 is 76.8 Å². The number of carboxylic acids is 1. The van der Waals surface area contributed by atoms with Crippen LogP contribution in [-0.4, -0.2) is 125 Å². The number of hydrogen-bond donors (Lipinski definition) is 5. The summed E-state index contributed by atoms with van der Waals surface area (Å²) in [7, 11) is -2.87. The van der Waals surface area contributed by atoms with Gasteiger partial charge in [0.2, 0.25) is 5.78 Å². The number of allylic oxidation sites excluding steroid dienone is 4. The van der Waals surface area contributed by atoms with Crippen molar-refractivity contribution in [2.75, 3.05) is 53.0 Å². The third-order valence-electron chi connectivity index (χ3n) is 19.2. The van der Waals surface area contributed by atoms with Crippen molar-refractivity contribution in [1.29, 1.82) is 0 Å². The lowest BCUT2D eigenvalue weighted by Crippen LogP contribution is -2.63. The number of ketones is 2. The number of carbonyl (C=O) groups excluding carboxylic acids is 4. The number of Topliss-reactive ketones (excluding diaryl/α,β-unsaturated/α-hetero) is 1. The van der Waals surface area contributed by atoms with Crippen molar-refractivity contribution in [2.24, 2.45) is 40.4 Å². The van der Waals surface area contributed by atoms with Crippen LogP contribution < -0.4 is 14.9 Å². The average Bonchev–Trinajstić information content (AvgIpc) is 3.93. The number of ether oxygens (including phenoxy) is 4. The van der Waals surface area contributed by atoms with Gasteiger partial charge >= 0.3 is 13.8 Å². The maximum Gasteiger partial charge on any atom is 0.524 e. The molecule has 2 heterocycles. The highest BCUT2D eigenvalue weighted by atomic mass is 31.2. The van der Waals surface area contributed by atoms with Crippen molar-refractivity contribution >= 4 is 31.3 Å². The predicted octanol–water partition coefficient (Wildman–Crippen LogP) is 7.56. The van der Waals surface area contributed by atoms with Crippen LogP contribution in [0.25, 0.3) is 0 Å². The van der Waals surface area contributed by atoms with E-state index < -0.39 is 73.3 Å². The van der Waals surface area contributed by atoms with E-state index in [4.69, 9.17) is 33.4 Å². The predicted molar refractivity (Wildman–Crippen MR) is 297 cm³/mol. The van der Waals surface area contributed by atoms with Crippen LogP contribution in [0.3, 0.4) is 0 Å². The quantitative estimate of drug-likeness (QED) is 0.0295. The summed E-state index contributed by atoms with van der Waals surface area (Å²) in [5.74, 6) is -2.17. The van der Waals surface area contributed by atoms with Gasteiger partial charge < -0.3 is 53.4 Å². The lowest BCUT2D eigenvalue weighted by molar-refractivity contribution is -0.927. The normalized spacial score (nSPS) is 32.3. The summed E-state index contributed by atoms with van der Waals surface area (Å²) in [4.78, 5) is 70.1. The zero-order valence-corrected chi connectivity index (χ0v) is 48.5. The van der Waals surface area contributed by atoms with Gasteiger partial charge in [0.1, 0.15) is 12.3 Å². The summed E-state index contributed by atoms with van der Waals surface area (Å²) >= 11 is 0. The van der Waals surface area contributed by atoms with Gasteiger partial charge in [-0.3, -0.25) is 24.2 Å². The number of phosphoric ester groups is 1. The van der Waals surface area contributed by atoms with E-state index >= 15 is 4.79 Å². The van der Waals surface area contributed by atoms with E-state index in [1.807, 2.05) is 19.2 Å². The molecule has 18 heteroatoms. The van der Waals surface area contributed by atoms with Gasteiger partial charge in [0, 0.05) is 60.3 Å². The molecule has 0 bridgehead atoms. The molecule has 10 atom stereocenters. The molecule has 0 spiro atoms. The molecule has 442 valence electrons. The standard InChI is InChI=1S/C60H85N2O13P.C2H4O2/c1-58-28-24-47(63)36-46(58)21-22-48-49-37-54-60(59(49,2)38-51(65)55(48)58,74-57(73-54)43-18-9-5-10-19-43)53(66)40-72-56(67)42-26-31-62(3,32-27-42)39-45-35-44(20-23-52(45)75-76(68,69)70)50(64)25-30-61-29-12-6-13-33-71-34-14-11-17-41-15-7-4-8-16-41;1-2(3)4/h4,7-8,15-16,20,23-24,28,35-36,42-43,48-51,54-55,57,61,64-65H,5-6,9-14,17-19,21-22,25-27,29-34,37-40H2,1-3H3,(H-,68,69,70);1H3,(H,3,4)/t42?,48?,49?,50?,51-,54+,55?,57+,58-,59-,60+,62?;/m0./s1. The van der Waals surface area contributed by atoms with E-state index in [2.05, 4.69) is 43.4 Å². The Labute approximate surface area is 473 Å². The smallest absolute Gasteiger partial charge is 0.524 e. The number of aliphatic carboxylic acids is 1. The van der Waals surface area contributed by atoms with Gasteiger partial charge in [0.25, 0.3) is 0 Å². The zero-order valence-electron chi connectivity index (χ0n) is 47.6. The monoisotopic (exact) mass is 1130 g/mol. The molecule has 5 N–H and O–H groups in total. The topological polar surface area (TPSA) is 248 Å². The van der Waals surface area contributed by atoms with E-state index in [0.717, 1.165) is 116 Å². The number of nitrogens with one attached hydrogen (secondary N) is 1. The molecule has 2 aromatic carbocycles. The number of aliphatic hydroxyl groups is 2. The van der Waals surface area contributed by atoms with Crippen molar-refractivity contribution in [3.8, 4) is 5.75 Å². The van der Waals surface area contributed by atoms with Gasteiger partial charge in [0.05, 0.1) is 44.4 Å². The van der Waals surface area contributed by atoms with E-state index in [0.29, 0.717) is 73.9 Å². The van der Waals surface area contributed by atoms with Crippen molar-refractivity contribution in [3.05, 3.63) is 89.0 Å². The first kappa shape index (κ1) is 61.9. The number of aryl methyl sites for hydroxylation is 1. The largest absolute Gasteiger partial charge is 0.550 e. The molecular weight excluding hydrogens is 1040 g/mol. The van der Waals surface area contributed by atoms with Gasteiger partial charge in [-0.05, 0) is 151 Å². The number of hydrogen-bond acceptors (Lipinski definition) is 14. The molecule has 5 aliphatic carbocycles. The fourth-order valence-electron chi connectivity index (χ4n) is 15.2. The van der Waals surface area contributed by atoms with Crippen LogP contribution in [0.1, 0.15) is 153 Å². The molecule has 2 saturated heterocycles. The molecule has 4 unspecified atom stereocenters. The van der Waals surface area contributed by atoms with Crippen LogP contribution in [0.5, 0.6) is 5.75 Å². The van der Waals surface area contributed by atoms with Crippen LogP contribution in [0, 0.1) is 40.4 Å². The highest BCUT2D eigenvalue weighted by Crippen LogP contribution is 2.70. The second-order valence-electron chi connectivity index (χ2n) is 24.8. The minimum absolute atomic E-state index is 0.00668. The summed E-state index contributed by atoms with van der Waals surface area (Å²) in [6, 6.07) is 15.4. The molecule has 2 aromatic rings. The van der Waals surface area contributed by atoms with Gasteiger partial charge in [-0.25, -0.2) is 4.57 Å². The molecule has 0 radical (unpaired) electrons. The summed E-state index contributed by atoms with van der Waals surface area (Å²) < 4.78 is 43.5. The number of aliphatic hydroxyl groups excluding tert-OH is 2. The molecule has 17 nitrogen and oxygen atoms in total. The van der Waals surface area contributed by atoms with Gasteiger partial charge in [-0.2, -0.15) is 0 Å². The van der Waals surface area contributed by atoms with Crippen LogP contribution in [0.2, 0.25) is 0 Å². The minimum Gasteiger partial charge on any atom is -0.550 e. The first-order chi connectivity index (χ1) is 38.1. The SMILES string of the molecule is CC(=O)[O-].C[C@]12C=CC(=O)C=C1CCC1C2[C@@H](O)C[C@@]2(C)C1C[C@H]1O[C@@H](C3CCCCC3)O[C@]12C(=O)COC(=O)C1CC[N+](C)(Cc2cc(C(O)CCNCCCCCOCCCCc3ccccc3)ccc2OP(=O)(O)O)CC1. The number of piperidine rings is 1. The molecule has 0 aromatic heterocycles. The van der Waals surface area contributed by atoms with E-state index in [1.165, 1.54) is 11.6 Å². The Morgan fingerprint density at radius 3 is 2.36 bits per heavy atom. The Morgan fingerprint density at radius 2 is 1.65 bits per heavy atom. The van der Waals surface area contributed by atoms with Crippen molar-refractivity contribution in [1.82, 2.24) is 5.32 Å². The molecule has 9 rings (SSSR count). The van der Waals surface area contributed by atoms with Gasteiger partial charge in [0.15, 0.2) is 24.3 Å². The number of benzene rings is 2. The highest BCUT2D eigenvalue weighted by Gasteiger charge is 2.76.